The van der Waals surface area contributed by atoms with E-state index >= 15 is 0 Å². The number of carboxylic acid groups (broad SMARTS) is 1. The Labute approximate surface area is 151 Å². The van der Waals surface area contributed by atoms with Gasteiger partial charge in [-0.1, -0.05) is 78.9 Å². The van der Waals surface area contributed by atoms with E-state index < -0.39 is 11.4 Å². The van der Waals surface area contributed by atoms with Gasteiger partial charge >= 0.3 is 5.97 Å². The van der Waals surface area contributed by atoms with E-state index in [1.807, 2.05) is 78.9 Å². The van der Waals surface area contributed by atoms with Crippen molar-refractivity contribution in [3.05, 3.63) is 96.2 Å². The maximum Gasteiger partial charge on any atom is 0.319 e. The minimum atomic E-state index is -1.15. The molecule has 128 valence electrons. The Morgan fingerprint density at radius 1 is 1.00 bits per heavy atom. The smallest absolute Gasteiger partial charge is 0.319 e. The van der Waals surface area contributed by atoms with Crippen molar-refractivity contribution in [2.45, 2.75) is 11.8 Å². The fraction of sp³-hybridized carbons (Fsp3) is 0.0909. The molecule has 4 rings (SSSR count). The van der Waals surface area contributed by atoms with Crippen LogP contribution in [0.15, 0.2) is 85.0 Å². The molecule has 0 aliphatic heterocycles. The maximum absolute atomic E-state index is 12.3. The van der Waals surface area contributed by atoms with Gasteiger partial charge in [0.2, 0.25) is 0 Å². The summed E-state index contributed by atoms with van der Waals surface area (Å²) >= 11 is 0. The fourth-order valence-electron chi connectivity index (χ4n) is 3.35. The molecule has 0 bridgehead atoms. The number of H-pyrrole nitrogens is 1. The van der Waals surface area contributed by atoms with Gasteiger partial charge in [0.1, 0.15) is 5.41 Å². The third-order valence-corrected chi connectivity index (χ3v) is 4.80. The first kappa shape index (κ1) is 16.1. The quantitative estimate of drug-likeness (QED) is 0.736. The summed E-state index contributed by atoms with van der Waals surface area (Å²) in [6.45, 7) is 0. The summed E-state index contributed by atoms with van der Waals surface area (Å²) in [5.41, 5.74) is 3.15. The number of hydrogen-bond donors (Lipinski definition) is 2. The van der Waals surface area contributed by atoms with Crippen LogP contribution in [0.1, 0.15) is 17.7 Å². The van der Waals surface area contributed by atoms with Crippen LogP contribution in [0.25, 0.3) is 16.8 Å². The molecule has 2 N–H and O–H groups in total. The van der Waals surface area contributed by atoms with Crippen molar-refractivity contribution in [1.29, 1.82) is 0 Å². The Hall–Kier alpha value is -3.40. The van der Waals surface area contributed by atoms with Gasteiger partial charge in [0.15, 0.2) is 0 Å². The third kappa shape index (κ3) is 2.75. The minimum Gasteiger partial charge on any atom is -0.480 e. The van der Waals surface area contributed by atoms with Crippen LogP contribution in [0.2, 0.25) is 0 Å². The minimum absolute atomic E-state index is 0.374. The van der Waals surface area contributed by atoms with Crippen LogP contribution < -0.4 is 0 Å². The summed E-state index contributed by atoms with van der Waals surface area (Å²) in [5.74, 6) is -0.890. The highest BCUT2D eigenvalue weighted by Gasteiger charge is 2.41. The van der Waals surface area contributed by atoms with Crippen molar-refractivity contribution in [1.82, 2.24) is 10.2 Å². The highest BCUT2D eigenvalue weighted by molar-refractivity contribution is 5.89. The van der Waals surface area contributed by atoms with E-state index in [1.54, 1.807) is 6.08 Å². The average Bonchev–Trinajstić information content (AvgIpc) is 3.20. The number of aromatic nitrogens is 2. The Bertz CT molecular complexity index is 987. The zero-order valence-electron chi connectivity index (χ0n) is 14.1. The number of carbonyl (C=O) groups is 1. The monoisotopic (exact) mass is 342 g/mol. The van der Waals surface area contributed by atoms with E-state index in [4.69, 9.17) is 0 Å². The zero-order chi connectivity index (χ0) is 18.0. The van der Waals surface area contributed by atoms with Crippen molar-refractivity contribution < 1.29 is 9.90 Å². The van der Waals surface area contributed by atoms with Crippen LogP contribution in [0.4, 0.5) is 0 Å². The number of nitrogens with one attached hydrogen (secondary N) is 1. The molecule has 4 heteroatoms. The van der Waals surface area contributed by atoms with Crippen LogP contribution in [-0.4, -0.2) is 21.3 Å². The topological polar surface area (TPSA) is 66.0 Å². The molecular weight excluding hydrogens is 324 g/mol. The molecule has 3 aromatic rings. The number of benzene rings is 2. The van der Waals surface area contributed by atoms with Crippen molar-refractivity contribution in [2.75, 3.05) is 0 Å². The summed E-state index contributed by atoms with van der Waals surface area (Å²) in [6, 6.07) is 21.4. The molecule has 0 saturated heterocycles. The first-order valence-electron chi connectivity index (χ1n) is 8.47. The highest BCUT2D eigenvalue weighted by atomic mass is 16.4. The second kappa shape index (κ2) is 6.48. The zero-order valence-corrected chi connectivity index (χ0v) is 14.1. The van der Waals surface area contributed by atoms with Crippen molar-refractivity contribution >= 4 is 11.5 Å². The van der Waals surface area contributed by atoms with E-state index in [-0.39, 0.29) is 0 Å². The fourth-order valence-corrected chi connectivity index (χ4v) is 3.35. The first-order valence-corrected chi connectivity index (χ1v) is 8.47. The normalized spacial score (nSPS) is 19.2. The van der Waals surface area contributed by atoms with Gasteiger partial charge in [-0.05, 0) is 23.6 Å². The Kier molecular flexibility index (Phi) is 4.01. The van der Waals surface area contributed by atoms with Crippen LogP contribution in [0.5, 0.6) is 0 Å². The molecule has 26 heavy (non-hydrogen) atoms. The number of rotatable bonds is 4. The number of aliphatic carboxylic acids is 1. The van der Waals surface area contributed by atoms with Gasteiger partial charge in [0.25, 0.3) is 0 Å². The number of allylic oxidation sites excluding steroid dienone is 3. The van der Waals surface area contributed by atoms with Crippen LogP contribution in [0, 0.1) is 0 Å². The molecule has 1 unspecified atom stereocenters. The molecule has 0 amide bonds. The molecule has 2 aromatic carbocycles. The predicted octanol–water partition coefficient (Wildman–Crippen LogP) is 4.44. The van der Waals surface area contributed by atoms with E-state index in [1.165, 1.54) is 0 Å². The molecule has 0 radical (unpaired) electrons. The molecule has 1 aromatic heterocycles. The van der Waals surface area contributed by atoms with Gasteiger partial charge in [-0.15, -0.1) is 0 Å². The number of hydrogen-bond acceptors (Lipinski definition) is 2. The summed E-state index contributed by atoms with van der Waals surface area (Å²) in [7, 11) is 0. The van der Waals surface area contributed by atoms with Crippen molar-refractivity contribution in [3.63, 3.8) is 0 Å². The third-order valence-electron chi connectivity index (χ3n) is 4.80. The molecule has 0 saturated carbocycles. The maximum atomic E-state index is 12.3. The van der Waals surface area contributed by atoms with Gasteiger partial charge in [-0.2, -0.15) is 5.10 Å². The van der Waals surface area contributed by atoms with Gasteiger partial charge in [0.05, 0.1) is 11.4 Å². The summed E-state index contributed by atoms with van der Waals surface area (Å²) in [6.07, 6.45) is 5.91. The van der Waals surface area contributed by atoms with Crippen molar-refractivity contribution in [3.8, 4) is 11.3 Å². The summed E-state index contributed by atoms with van der Waals surface area (Å²) in [4.78, 5) is 12.3. The summed E-state index contributed by atoms with van der Waals surface area (Å²) in [5, 5.41) is 17.4. The lowest BCUT2D eigenvalue weighted by Gasteiger charge is -2.28. The highest BCUT2D eigenvalue weighted by Crippen LogP contribution is 2.39. The molecule has 1 aliphatic carbocycles. The lowest BCUT2D eigenvalue weighted by atomic mass is 9.74. The lowest BCUT2D eigenvalue weighted by molar-refractivity contribution is -0.141. The molecule has 0 spiro atoms. The van der Waals surface area contributed by atoms with E-state index in [9.17, 15) is 9.90 Å². The molecule has 0 fully saturated rings. The van der Waals surface area contributed by atoms with E-state index in [2.05, 4.69) is 10.2 Å². The largest absolute Gasteiger partial charge is 0.480 e. The number of carboxylic acids is 1. The molecule has 1 atom stereocenters. The standard InChI is InChI=1S/C22H18N2O2/c25-21(26)22(13-7-12-18(15-22)16-8-3-1-4-9-16)20-14-19(23-24-20)17-10-5-2-6-11-17/h1-14H,15H2,(H,23,24)(H,25,26). The van der Waals surface area contributed by atoms with Gasteiger partial charge in [-0.25, -0.2) is 0 Å². The van der Waals surface area contributed by atoms with Gasteiger partial charge < -0.3 is 5.11 Å². The average molecular weight is 342 g/mol. The Morgan fingerprint density at radius 2 is 1.65 bits per heavy atom. The first-order chi connectivity index (χ1) is 12.7. The molecule has 1 heterocycles. The van der Waals surface area contributed by atoms with Crippen LogP contribution >= 0.6 is 0 Å². The van der Waals surface area contributed by atoms with E-state index in [0.29, 0.717) is 12.1 Å². The predicted molar refractivity (Wildman–Crippen MR) is 102 cm³/mol. The molecule has 1 aliphatic rings. The van der Waals surface area contributed by atoms with Crippen molar-refractivity contribution in [2.24, 2.45) is 0 Å². The van der Waals surface area contributed by atoms with Crippen LogP contribution in [-0.2, 0) is 10.2 Å². The van der Waals surface area contributed by atoms with Gasteiger partial charge in [-0.3, -0.25) is 9.89 Å². The number of aromatic amines is 1. The SMILES string of the molecule is O=C(O)C1(c2cc(-c3ccccc3)n[nH]2)C=CC=C(c2ccccc2)C1. The van der Waals surface area contributed by atoms with Gasteiger partial charge in [0, 0.05) is 5.56 Å². The van der Waals surface area contributed by atoms with Crippen LogP contribution in [0.3, 0.4) is 0 Å². The Morgan fingerprint density at radius 3 is 2.31 bits per heavy atom. The molecule has 4 nitrogen and oxygen atoms in total. The molecular formula is C22H18N2O2. The second-order valence-electron chi connectivity index (χ2n) is 6.40. The number of nitrogens with zero attached hydrogens (tertiary/aromatic N) is 1. The Balaban J connectivity index is 1.73. The van der Waals surface area contributed by atoms with E-state index in [0.717, 1.165) is 22.4 Å². The second-order valence-corrected chi connectivity index (χ2v) is 6.40. The summed E-state index contributed by atoms with van der Waals surface area (Å²) < 4.78 is 0. The lowest BCUT2D eigenvalue weighted by Crippen LogP contribution is -2.35.